The van der Waals surface area contributed by atoms with Crippen molar-refractivity contribution >= 4 is 40.7 Å². The minimum Gasteiger partial charge on any atom is -0.457 e. The number of aliphatic hydroxyl groups excluding tert-OH is 1. The van der Waals surface area contributed by atoms with Crippen molar-refractivity contribution in [2.45, 2.75) is 63.0 Å². The second-order valence-electron chi connectivity index (χ2n) is 11.1. The van der Waals surface area contributed by atoms with E-state index in [0.29, 0.717) is 12.8 Å². The summed E-state index contributed by atoms with van der Waals surface area (Å²) in [6, 6.07) is 3.07. The molecule has 1 aromatic rings. The van der Waals surface area contributed by atoms with Crippen LogP contribution in [0.15, 0.2) is 46.6 Å². The van der Waals surface area contributed by atoms with Gasteiger partial charge in [0.25, 0.3) is 0 Å². The van der Waals surface area contributed by atoms with Crippen molar-refractivity contribution in [2.24, 2.45) is 28.6 Å². The van der Waals surface area contributed by atoms with Gasteiger partial charge in [-0.15, -0.1) is 23.2 Å². The molecule has 8 heteroatoms. The van der Waals surface area contributed by atoms with Gasteiger partial charge < -0.3 is 14.3 Å². The zero-order chi connectivity index (χ0) is 25.4. The van der Waals surface area contributed by atoms with Crippen LogP contribution in [-0.2, 0) is 14.3 Å². The molecule has 4 aliphatic carbocycles. The molecule has 2 fully saturated rings. The zero-order valence-corrected chi connectivity index (χ0v) is 21.6. The van der Waals surface area contributed by atoms with Crippen molar-refractivity contribution in [2.75, 3.05) is 5.88 Å². The van der Waals surface area contributed by atoms with E-state index in [-0.39, 0.29) is 53.8 Å². The van der Waals surface area contributed by atoms with Crippen molar-refractivity contribution in [1.82, 2.24) is 0 Å². The van der Waals surface area contributed by atoms with Crippen LogP contribution in [0.1, 0.15) is 57.0 Å². The molecule has 4 unspecified atom stereocenters. The van der Waals surface area contributed by atoms with Gasteiger partial charge >= 0.3 is 5.97 Å². The number of rotatable bonds is 4. The largest absolute Gasteiger partial charge is 0.457 e. The molecule has 0 bridgehead atoms. The number of aliphatic hydroxyl groups is 1. The van der Waals surface area contributed by atoms with E-state index >= 15 is 0 Å². The van der Waals surface area contributed by atoms with E-state index in [9.17, 15) is 19.5 Å². The second kappa shape index (κ2) is 8.06. The average molecular weight is 521 g/mol. The van der Waals surface area contributed by atoms with Gasteiger partial charge in [0.15, 0.2) is 17.2 Å². The predicted molar refractivity (Wildman–Crippen MR) is 130 cm³/mol. The van der Waals surface area contributed by atoms with Gasteiger partial charge in [-0.05, 0) is 49.3 Å². The smallest absolute Gasteiger partial charge is 0.375 e. The van der Waals surface area contributed by atoms with Crippen LogP contribution >= 0.6 is 23.2 Å². The molecule has 1 heterocycles. The maximum Gasteiger partial charge on any atom is 0.375 e. The lowest BCUT2D eigenvalue weighted by atomic mass is 9.46. The van der Waals surface area contributed by atoms with Crippen LogP contribution in [-0.4, -0.2) is 45.1 Å². The van der Waals surface area contributed by atoms with Gasteiger partial charge in [-0.25, -0.2) is 4.79 Å². The summed E-state index contributed by atoms with van der Waals surface area (Å²) in [6.45, 7) is 5.80. The molecule has 188 valence electrons. The summed E-state index contributed by atoms with van der Waals surface area (Å²) < 4.78 is 11.3. The van der Waals surface area contributed by atoms with Crippen molar-refractivity contribution in [1.29, 1.82) is 0 Å². The van der Waals surface area contributed by atoms with Gasteiger partial charge in [-0.2, -0.15) is 0 Å². The number of hydrogen-bond acceptors (Lipinski definition) is 6. The van der Waals surface area contributed by atoms with Gasteiger partial charge in [0.05, 0.1) is 23.1 Å². The van der Waals surface area contributed by atoms with Gasteiger partial charge in [-0.1, -0.05) is 38.5 Å². The first-order valence-corrected chi connectivity index (χ1v) is 13.0. The van der Waals surface area contributed by atoms with E-state index in [1.807, 2.05) is 26.8 Å². The Morgan fingerprint density at radius 3 is 2.69 bits per heavy atom. The fourth-order valence-electron chi connectivity index (χ4n) is 8.00. The highest BCUT2D eigenvalue weighted by Crippen LogP contribution is 2.71. The van der Waals surface area contributed by atoms with E-state index in [0.717, 1.165) is 5.57 Å². The lowest BCUT2D eigenvalue weighted by molar-refractivity contribution is -0.175. The fraction of sp³-hybridized carbons (Fsp3) is 0.593. The molecule has 5 rings (SSSR count). The molecule has 0 saturated heterocycles. The summed E-state index contributed by atoms with van der Waals surface area (Å²) in [5.74, 6) is -2.10. The van der Waals surface area contributed by atoms with Gasteiger partial charge in [0, 0.05) is 23.2 Å². The first kappa shape index (κ1) is 24.8. The minimum absolute atomic E-state index is 0.00353. The number of fused-ring (bicyclic) bond motifs is 5. The SMILES string of the molecule is C[C@@H]1CC2C3CC=C4CC(=O)C=C[C@]4(C)C3(Cl)C(O)C[C@]2(C)[C@@]1(OC(=O)c1ccco1)C(=O)CCl. The molecule has 4 aliphatic rings. The number of allylic oxidation sites excluding steroid dienone is 4. The fourth-order valence-corrected chi connectivity index (χ4v) is 8.70. The normalized spacial score (nSPS) is 44.2. The molecule has 1 aromatic heterocycles. The highest BCUT2D eigenvalue weighted by Gasteiger charge is 2.76. The molecule has 0 aliphatic heterocycles. The number of halogens is 2. The maximum atomic E-state index is 13.6. The third-order valence-electron chi connectivity index (χ3n) is 9.66. The highest BCUT2D eigenvalue weighted by atomic mass is 35.5. The Morgan fingerprint density at radius 2 is 2.03 bits per heavy atom. The average Bonchev–Trinajstić information content (AvgIpc) is 3.42. The Kier molecular flexibility index (Phi) is 5.71. The summed E-state index contributed by atoms with van der Waals surface area (Å²) in [7, 11) is 0. The maximum absolute atomic E-state index is 13.6. The number of ether oxygens (including phenoxy) is 1. The van der Waals surface area contributed by atoms with Crippen molar-refractivity contribution in [3.63, 3.8) is 0 Å². The summed E-state index contributed by atoms with van der Waals surface area (Å²) >= 11 is 13.6. The third-order valence-corrected chi connectivity index (χ3v) is 10.8. The van der Waals surface area contributed by atoms with Crippen LogP contribution in [0.3, 0.4) is 0 Å². The molecule has 0 aromatic carbocycles. The predicted octanol–water partition coefficient (Wildman–Crippen LogP) is 4.87. The number of hydrogen-bond donors (Lipinski definition) is 1. The summed E-state index contributed by atoms with van der Waals surface area (Å²) in [5.41, 5.74) is -2.22. The number of carbonyl (C=O) groups excluding carboxylic acids is 3. The van der Waals surface area contributed by atoms with Crippen molar-refractivity contribution in [3.8, 4) is 0 Å². The third kappa shape index (κ3) is 3.02. The lowest BCUT2D eigenvalue weighted by Gasteiger charge is -2.63. The number of carbonyl (C=O) groups is 3. The Labute approximate surface area is 214 Å². The van der Waals surface area contributed by atoms with Crippen LogP contribution in [0.5, 0.6) is 0 Å². The molecule has 6 nitrogen and oxygen atoms in total. The topological polar surface area (TPSA) is 93.8 Å². The van der Waals surface area contributed by atoms with Gasteiger partial charge in [0.1, 0.15) is 0 Å². The number of furan rings is 1. The molecule has 8 atom stereocenters. The highest BCUT2D eigenvalue weighted by molar-refractivity contribution is 6.29. The molecular weight excluding hydrogens is 491 g/mol. The number of ketones is 2. The molecule has 0 amide bonds. The zero-order valence-electron chi connectivity index (χ0n) is 20.1. The van der Waals surface area contributed by atoms with E-state index in [2.05, 4.69) is 6.08 Å². The van der Waals surface area contributed by atoms with E-state index in [1.54, 1.807) is 12.1 Å². The van der Waals surface area contributed by atoms with Gasteiger partial charge in [-0.3, -0.25) is 9.59 Å². The number of alkyl halides is 2. The first-order valence-electron chi connectivity index (χ1n) is 12.1. The molecule has 0 radical (unpaired) electrons. The molecule has 1 N–H and O–H groups in total. The van der Waals surface area contributed by atoms with E-state index in [1.165, 1.54) is 12.3 Å². The molecule has 2 saturated carbocycles. The van der Waals surface area contributed by atoms with Crippen LogP contribution in [0.25, 0.3) is 0 Å². The van der Waals surface area contributed by atoms with Crippen molar-refractivity contribution in [3.05, 3.63) is 48.0 Å². The Bertz CT molecular complexity index is 1140. The number of esters is 1. The second-order valence-corrected chi connectivity index (χ2v) is 12.0. The monoisotopic (exact) mass is 520 g/mol. The first-order chi connectivity index (χ1) is 16.5. The van der Waals surface area contributed by atoms with Crippen LogP contribution in [0, 0.1) is 28.6 Å². The van der Waals surface area contributed by atoms with Crippen LogP contribution in [0.4, 0.5) is 0 Å². The lowest BCUT2D eigenvalue weighted by Crippen LogP contribution is -2.69. The Hall–Kier alpha value is -1.89. The summed E-state index contributed by atoms with van der Waals surface area (Å²) in [4.78, 5) is 37.7. The van der Waals surface area contributed by atoms with E-state index < -0.39 is 33.4 Å². The quantitative estimate of drug-likeness (QED) is 0.345. The molecule has 35 heavy (non-hydrogen) atoms. The molecule has 0 spiro atoms. The van der Waals surface area contributed by atoms with Crippen molar-refractivity contribution < 1.29 is 28.6 Å². The van der Waals surface area contributed by atoms with Crippen LogP contribution in [0.2, 0.25) is 0 Å². The van der Waals surface area contributed by atoms with E-state index in [4.69, 9.17) is 32.4 Å². The minimum atomic E-state index is -1.54. The summed E-state index contributed by atoms with van der Waals surface area (Å²) in [5, 5.41) is 11.8. The standard InChI is InChI=1S/C27H30Cl2O6/c1-15-11-19-18-7-6-16-12-17(30)8-9-24(16,2)26(18,29)21(31)13-25(19,3)27(15,22(32)14-28)35-23(33)20-5-4-10-34-20/h4-6,8-10,15,18-19,21,31H,7,11-14H2,1-3H3/t15-,18?,19?,21?,24+,25+,26?,27+/m1/s1. The van der Waals surface area contributed by atoms with Gasteiger partial charge in [0.2, 0.25) is 5.76 Å². The Morgan fingerprint density at radius 1 is 1.29 bits per heavy atom. The number of Topliss-reactive ketones (excluding diaryl/α,β-unsaturated/α-hetero) is 1. The Balaban J connectivity index is 1.62. The van der Waals surface area contributed by atoms with Crippen LogP contribution < -0.4 is 0 Å². The summed E-state index contributed by atoms with van der Waals surface area (Å²) in [6.07, 6.45) is 7.42. The molecular formula is C27H30Cl2O6.